The molecule has 0 radical (unpaired) electrons. The van der Waals surface area contributed by atoms with Crippen LogP contribution in [0.1, 0.15) is 36.0 Å². The summed E-state index contributed by atoms with van der Waals surface area (Å²) in [6.07, 6.45) is 4.74. The number of hydrogen-bond acceptors (Lipinski definition) is 3. The number of nitrogens with one attached hydrogen (secondary N) is 1. The Morgan fingerprint density at radius 3 is 2.12 bits per heavy atom. The number of unbranched alkanes of at least 4 members (excludes halogenated alkanes) is 1. The zero-order valence-electron chi connectivity index (χ0n) is 14.7. The predicted molar refractivity (Wildman–Crippen MR) is 101 cm³/mol. The number of carbonyl (C=O) groups is 1. The molecule has 4 heteroatoms. The highest BCUT2D eigenvalue weighted by molar-refractivity contribution is 5.67. The van der Waals surface area contributed by atoms with E-state index in [0.29, 0.717) is 13.2 Å². The number of amides is 1. The lowest BCUT2D eigenvalue weighted by Crippen LogP contribution is -2.25. The zero-order chi connectivity index (χ0) is 17.7. The predicted octanol–water partition coefficient (Wildman–Crippen LogP) is 3.83. The Morgan fingerprint density at radius 1 is 0.840 bits per heavy atom. The van der Waals surface area contributed by atoms with Crippen LogP contribution in [0.15, 0.2) is 54.6 Å². The molecular formula is C21H28N2O2. The van der Waals surface area contributed by atoms with Crippen molar-refractivity contribution in [3.8, 4) is 0 Å². The van der Waals surface area contributed by atoms with Crippen LogP contribution in [0.5, 0.6) is 0 Å². The molecule has 1 amide bonds. The van der Waals surface area contributed by atoms with E-state index >= 15 is 0 Å². The van der Waals surface area contributed by atoms with Gasteiger partial charge in [-0.25, -0.2) is 4.79 Å². The molecule has 0 unspecified atom stereocenters. The van der Waals surface area contributed by atoms with Crippen molar-refractivity contribution >= 4 is 6.09 Å². The van der Waals surface area contributed by atoms with Gasteiger partial charge in [0, 0.05) is 6.54 Å². The van der Waals surface area contributed by atoms with Crippen LogP contribution in [-0.4, -0.2) is 19.2 Å². The standard InChI is InChI=1S/C21H28N2O2/c22-15-6-10-19-13-11-18(12-14-19)7-4-5-16-23-21(24)25-17-20-8-2-1-3-9-20/h1-3,8-9,11-14H,4-7,10,15-17,22H2,(H,23,24). The molecule has 0 aliphatic rings. The van der Waals surface area contributed by atoms with Crippen LogP contribution in [0, 0.1) is 0 Å². The van der Waals surface area contributed by atoms with E-state index in [1.54, 1.807) is 0 Å². The first kappa shape index (κ1) is 19.0. The van der Waals surface area contributed by atoms with Gasteiger partial charge in [0.25, 0.3) is 0 Å². The van der Waals surface area contributed by atoms with Crippen LogP contribution in [0.2, 0.25) is 0 Å². The molecule has 2 aromatic rings. The van der Waals surface area contributed by atoms with Crippen molar-refractivity contribution in [2.75, 3.05) is 13.1 Å². The van der Waals surface area contributed by atoms with Crippen molar-refractivity contribution in [1.82, 2.24) is 5.32 Å². The van der Waals surface area contributed by atoms with Gasteiger partial charge in [-0.05, 0) is 55.3 Å². The number of alkyl carbamates (subject to hydrolysis) is 1. The molecule has 0 heterocycles. The van der Waals surface area contributed by atoms with Crippen molar-refractivity contribution in [2.45, 2.75) is 38.7 Å². The monoisotopic (exact) mass is 340 g/mol. The van der Waals surface area contributed by atoms with E-state index in [1.165, 1.54) is 11.1 Å². The van der Waals surface area contributed by atoms with E-state index in [4.69, 9.17) is 10.5 Å². The zero-order valence-corrected chi connectivity index (χ0v) is 14.7. The lowest BCUT2D eigenvalue weighted by Gasteiger charge is -2.07. The summed E-state index contributed by atoms with van der Waals surface area (Å²) in [7, 11) is 0. The highest BCUT2D eigenvalue weighted by Crippen LogP contribution is 2.09. The molecule has 0 aromatic heterocycles. The minimum atomic E-state index is -0.354. The van der Waals surface area contributed by atoms with Crippen LogP contribution in [0.25, 0.3) is 0 Å². The summed E-state index contributed by atoms with van der Waals surface area (Å²) < 4.78 is 5.18. The molecule has 25 heavy (non-hydrogen) atoms. The maximum absolute atomic E-state index is 11.6. The fraction of sp³-hybridized carbons (Fsp3) is 0.381. The van der Waals surface area contributed by atoms with Crippen molar-refractivity contribution in [3.05, 3.63) is 71.3 Å². The topological polar surface area (TPSA) is 64.3 Å². The second kappa shape index (κ2) is 11.3. The maximum Gasteiger partial charge on any atom is 0.407 e. The van der Waals surface area contributed by atoms with Gasteiger partial charge < -0.3 is 15.8 Å². The molecule has 2 aromatic carbocycles. The van der Waals surface area contributed by atoms with E-state index in [2.05, 4.69) is 29.6 Å². The lowest BCUT2D eigenvalue weighted by atomic mass is 10.0. The van der Waals surface area contributed by atoms with Gasteiger partial charge in [0.15, 0.2) is 0 Å². The molecule has 4 nitrogen and oxygen atoms in total. The first-order valence-corrected chi connectivity index (χ1v) is 9.00. The highest BCUT2D eigenvalue weighted by Gasteiger charge is 2.02. The summed E-state index contributed by atoms with van der Waals surface area (Å²) in [5.41, 5.74) is 9.21. The number of nitrogens with two attached hydrogens (primary N) is 1. The molecule has 0 fully saturated rings. The Hall–Kier alpha value is -2.33. The summed E-state index contributed by atoms with van der Waals surface area (Å²) in [5, 5.41) is 2.80. The summed E-state index contributed by atoms with van der Waals surface area (Å²) in [4.78, 5) is 11.6. The third-order valence-electron chi connectivity index (χ3n) is 4.07. The molecule has 0 spiro atoms. The molecule has 0 aliphatic heterocycles. The molecule has 0 aliphatic carbocycles. The molecule has 134 valence electrons. The fourth-order valence-corrected chi connectivity index (χ4v) is 2.60. The van der Waals surface area contributed by atoms with E-state index in [1.807, 2.05) is 30.3 Å². The Balaban J connectivity index is 1.54. The summed E-state index contributed by atoms with van der Waals surface area (Å²) in [5.74, 6) is 0. The fourth-order valence-electron chi connectivity index (χ4n) is 2.60. The van der Waals surface area contributed by atoms with E-state index in [9.17, 15) is 4.79 Å². The molecule has 3 N–H and O–H groups in total. The van der Waals surface area contributed by atoms with Crippen molar-refractivity contribution < 1.29 is 9.53 Å². The Morgan fingerprint density at radius 2 is 1.48 bits per heavy atom. The van der Waals surface area contributed by atoms with Gasteiger partial charge in [0.2, 0.25) is 0 Å². The first-order chi connectivity index (χ1) is 12.3. The van der Waals surface area contributed by atoms with E-state index < -0.39 is 0 Å². The number of aryl methyl sites for hydroxylation is 2. The Labute approximate surface area is 150 Å². The molecule has 0 saturated heterocycles. The quantitative estimate of drug-likeness (QED) is 0.646. The average Bonchev–Trinajstić information content (AvgIpc) is 2.66. The van der Waals surface area contributed by atoms with Crippen molar-refractivity contribution in [1.29, 1.82) is 0 Å². The normalized spacial score (nSPS) is 10.4. The summed E-state index contributed by atoms with van der Waals surface area (Å²) >= 11 is 0. The molecule has 0 atom stereocenters. The number of hydrogen-bond donors (Lipinski definition) is 2. The summed E-state index contributed by atoms with van der Waals surface area (Å²) in [6, 6.07) is 18.4. The third-order valence-corrected chi connectivity index (χ3v) is 4.07. The maximum atomic E-state index is 11.6. The smallest absolute Gasteiger partial charge is 0.407 e. The second-order valence-corrected chi connectivity index (χ2v) is 6.15. The average molecular weight is 340 g/mol. The van der Waals surface area contributed by atoms with Gasteiger partial charge in [-0.1, -0.05) is 54.6 Å². The van der Waals surface area contributed by atoms with Gasteiger partial charge in [-0.3, -0.25) is 0 Å². The summed E-state index contributed by atoms with van der Waals surface area (Å²) in [6.45, 7) is 1.69. The molecule has 2 rings (SSSR count). The lowest BCUT2D eigenvalue weighted by molar-refractivity contribution is 0.139. The molecule has 0 bridgehead atoms. The van der Waals surface area contributed by atoms with Crippen molar-refractivity contribution in [3.63, 3.8) is 0 Å². The number of ether oxygens (including phenoxy) is 1. The van der Waals surface area contributed by atoms with Crippen LogP contribution in [-0.2, 0) is 24.2 Å². The second-order valence-electron chi connectivity index (χ2n) is 6.15. The third kappa shape index (κ3) is 7.86. The van der Waals surface area contributed by atoms with Gasteiger partial charge in [0.05, 0.1) is 0 Å². The number of carbonyl (C=O) groups excluding carboxylic acids is 1. The molecular weight excluding hydrogens is 312 g/mol. The van der Waals surface area contributed by atoms with Crippen LogP contribution in [0.4, 0.5) is 4.79 Å². The van der Waals surface area contributed by atoms with Crippen LogP contribution < -0.4 is 11.1 Å². The van der Waals surface area contributed by atoms with Gasteiger partial charge in [-0.2, -0.15) is 0 Å². The van der Waals surface area contributed by atoms with E-state index in [0.717, 1.165) is 44.2 Å². The van der Waals surface area contributed by atoms with Gasteiger partial charge >= 0.3 is 6.09 Å². The van der Waals surface area contributed by atoms with Crippen LogP contribution in [0.3, 0.4) is 0 Å². The number of rotatable bonds is 10. The highest BCUT2D eigenvalue weighted by atomic mass is 16.5. The first-order valence-electron chi connectivity index (χ1n) is 9.00. The van der Waals surface area contributed by atoms with Gasteiger partial charge in [-0.15, -0.1) is 0 Å². The number of benzene rings is 2. The Kier molecular flexibility index (Phi) is 8.56. The minimum Gasteiger partial charge on any atom is -0.445 e. The van der Waals surface area contributed by atoms with Gasteiger partial charge in [0.1, 0.15) is 6.61 Å². The molecule has 0 saturated carbocycles. The minimum absolute atomic E-state index is 0.309. The van der Waals surface area contributed by atoms with Crippen molar-refractivity contribution in [2.24, 2.45) is 5.73 Å². The SMILES string of the molecule is NCCCc1ccc(CCCCNC(=O)OCc2ccccc2)cc1. The van der Waals surface area contributed by atoms with E-state index in [-0.39, 0.29) is 6.09 Å². The Bertz CT molecular complexity index is 612. The largest absolute Gasteiger partial charge is 0.445 e. The van der Waals surface area contributed by atoms with Crippen LogP contribution >= 0.6 is 0 Å².